The number of hydrogen-bond donors (Lipinski definition) is 1. The summed E-state index contributed by atoms with van der Waals surface area (Å²) < 4.78 is 32.3. The summed E-state index contributed by atoms with van der Waals surface area (Å²) in [6, 6.07) is 13.9. The Kier molecular flexibility index (Phi) is 7.94. The maximum atomic E-state index is 12.9. The molecule has 0 radical (unpaired) electrons. The molecule has 0 unspecified atom stereocenters. The molecule has 2 aromatic rings. The molecule has 0 spiro atoms. The number of sulfonamides is 1. The standard InChI is InChI=1S/C22H28ClN3O4S/c1-17(22(27)24-12-11-18-7-9-19(30-2)10-8-18)25-13-15-26(16-14-25)31(28,29)21-6-4-3-5-20(21)23/h3-10,17H,11-16H2,1-2H3,(H,24,27)/t17-/m1/s1. The number of piperazine rings is 1. The van der Waals surface area contributed by atoms with Gasteiger partial charge >= 0.3 is 0 Å². The van der Waals surface area contributed by atoms with E-state index in [1.54, 1.807) is 25.3 Å². The van der Waals surface area contributed by atoms with Crippen LogP contribution in [-0.4, -0.2) is 69.4 Å². The molecule has 0 bridgehead atoms. The van der Waals surface area contributed by atoms with Crippen molar-refractivity contribution in [1.29, 1.82) is 0 Å². The molecule has 1 aliphatic heterocycles. The van der Waals surface area contributed by atoms with Crippen LogP contribution < -0.4 is 10.1 Å². The van der Waals surface area contributed by atoms with Gasteiger partial charge in [0.05, 0.1) is 18.2 Å². The molecule has 3 rings (SSSR count). The molecule has 1 saturated heterocycles. The van der Waals surface area contributed by atoms with E-state index < -0.39 is 10.0 Å². The average Bonchev–Trinajstić information content (AvgIpc) is 2.79. The van der Waals surface area contributed by atoms with Gasteiger partial charge in [0.15, 0.2) is 0 Å². The second-order valence-corrected chi connectivity index (χ2v) is 9.75. The van der Waals surface area contributed by atoms with Crippen molar-refractivity contribution >= 4 is 27.5 Å². The fourth-order valence-corrected chi connectivity index (χ4v) is 5.48. The lowest BCUT2D eigenvalue weighted by atomic mass is 10.1. The van der Waals surface area contributed by atoms with E-state index in [0.717, 1.165) is 17.7 Å². The quantitative estimate of drug-likeness (QED) is 0.647. The molecule has 31 heavy (non-hydrogen) atoms. The molecule has 0 aliphatic carbocycles. The minimum Gasteiger partial charge on any atom is -0.497 e. The molecule has 0 aromatic heterocycles. The maximum Gasteiger partial charge on any atom is 0.244 e. The van der Waals surface area contributed by atoms with Gasteiger partial charge in [-0.15, -0.1) is 0 Å². The van der Waals surface area contributed by atoms with Crippen LogP contribution in [0.5, 0.6) is 5.75 Å². The topological polar surface area (TPSA) is 79.0 Å². The first-order valence-corrected chi connectivity index (χ1v) is 12.0. The van der Waals surface area contributed by atoms with Crippen molar-refractivity contribution < 1.29 is 17.9 Å². The number of hydrogen-bond acceptors (Lipinski definition) is 5. The normalized spacial score (nSPS) is 16.6. The fourth-order valence-electron chi connectivity index (χ4n) is 3.56. The van der Waals surface area contributed by atoms with Crippen LogP contribution in [0, 0.1) is 0 Å². The highest BCUT2D eigenvalue weighted by atomic mass is 35.5. The second-order valence-electron chi connectivity index (χ2n) is 7.44. The van der Waals surface area contributed by atoms with Crippen LogP contribution in [0.1, 0.15) is 12.5 Å². The molecule has 1 fully saturated rings. The van der Waals surface area contributed by atoms with Gasteiger partial charge in [0.1, 0.15) is 10.6 Å². The van der Waals surface area contributed by atoms with Crippen molar-refractivity contribution in [2.24, 2.45) is 0 Å². The van der Waals surface area contributed by atoms with Crippen LogP contribution in [0.2, 0.25) is 5.02 Å². The van der Waals surface area contributed by atoms with Gasteiger partial charge in [0.25, 0.3) is 0 Å². The number of methoxy groups -OCH3 is 1. The van der Waals surface area contributed by atoms with Crippen molar-refractivity contribution in [2.45, 2.75) is 24.3 Å². The lowest BCUT2D eigenvalue weighted by molar-refractivity contribution is -0.126. The van der Waals surface area contributed by atoms with E-state index in [2.05, 4.69) is 5.32 Å². The molecule has 1 heterocycles. The van der Waals surface area contributed by atoms with Crippen LogP contribution in [0.3, 0.4) is 0 Å². The first-order valence-electron chi connectivity index (χ1n) is 10.2. The van der Waals surface area contributed by atoms with Crippen molar-refractivity contribution in [3.05, 3.63) is 59.1 Å². The minimum absolute atomic E-state index is 0.0593. The number of nitrogens with zero attached hydrogens (tertiary/aromatic N) is 2. The fraction of sp³-hybridized carbons (Fsp3) is 0.409. The van der Waals surface area contributed by atoms with Gasteiger partial charge in [-0.25, -0.2) is 8.42 Å². The van der Waals surface area contributed by atoms with Crippen LogP contribution in [0.4, 0.5) is 0 Å². The van der Waals surface area contributed by atoms with Crippen molar-refractivity contribution in [1.82, 2.24) is 14.5 Å². The van der Waals surface area contributed by atoms with E-state index in [4.69, 9.17) is 16.3 Å². The third-order valence-corrected chi connectivity index (χ3v) is 7.93. The number of rotatable bonds is 8. The molecular weight excluding hydrogens is 438 g/mol. The first-order chi connectivity index (χ1) is 14.8. The number of nitrogens with one attached hydrogen (secondary N) is 1. The summed E-state index contributed by atoms with van der Waals surface area (Å²) in [6.45, 7) is 3.98. The average molecular weight is 466 g/mol. The van der Waals surface area contributed by atoms with Crippen molar-refractivity contribution in [3.8, 4) is 5.75 Å². The molecule has 1 amide bonds. The van der Waals surface area contributed by atoms with Gasteiger partial charge in [0, 0.05) is 32.7 Å². The van der Waals surface area contributed by atoms with E-state index in [1.165, 1.54) is 10.4 Å². The molecule has 7 nitrogen and oxygen atoms in total. The summed E-state index contributed by atoms with van der Waals surface area (Å²) in [5.74, 6) is 0.744. The molecular formula is C22H28ClN3O4S. The zero-order valence-corrected chi connectivity index (χ0v) is 19.3. The van der Waals surface area contributed by atoms with E-state index in [9.17, 15) is 13.2 Å². The lowest BCUT2D eigenvalue weighted by Crippen LogP contribution is -2.55. The van der Waals surface area contributed by atoms with Gasteiger partial charge in [0.2, 0.25) is 15.9 Å². The van der Waals surface area contributed by atoms with Gasteiger partial charge in [-0.05, 0) is 43.2 Å². The van der Waals surface area contributed by atoms with Gasteiger partial charge < -0.3 is 10.1 Å². The lowest BCUT2D eigenvalue weighted by Gasteiger charge is -2.36. The van der Waals surface area contributed by atoms with Crippen LogP contribution in [-0.2, 0) is 21.2 Å². The molecule has 0 saturated carbocycles. The highest BCUT2D eigenvalue weighted by molar-refractivity contribution is 7.89. The summed E-state index contributed by atoms with van der Waals surface area (Å²) in [5.41, 5.74) is 1.12. The van der Waals surface area contributed by atoms with Crippen LogP contribution in [0.25, 0.3) is 0 Å². The SMILES string of the molecule is COc1ccc(CCNC(=O)[C@@H](C)N2CCN(S(=O)(=O)c3ccccc3Cl)CC2)cc1. The van der Waals surface area contributed by atoms with Crippen LogP contribution in [0.15, 0.2) is 53.4 Å². The Labute approximate surface area is 189 Å². The minimum atomic E-state index is -3.65. The van der Waals surface area contributed by atoms with E-state index in [-0.39, 0.29) is 21.9 Å². The predicted molar refractivity (Wildman–Crippen MR) is 121 cm³/mol. The zero-order valence-electron chi connectivity index (χ0n) is 17.8. The zero-order chi connectivity index (χ0) is 22.4. The largest absolute Gasteiger partial charge is 0.497 e. The predicted octanol–water partition coefficient (Wildman–Crippen LogP) is 2.40. The van der Waals surface area contributed by atoms with E-state index in [1.807, 2.05) is 36.1 Å². The Hall–Kier alpha value is -2.13. The summed E-state index contributed by atoms with van der Waals surface area (Å²) in [7, 11) is -2.02. The smallest absolute Gasteiger partial charge is 0.244 e. The Balaban J connectivity index is 1.48. The molecule has 168 valence electrons. The van der Waals surface area contributed by atoms with E-state index >= 15 is 0 Å². The third-order valence-electron chi connectivity index (χ3n) is 5.53. The Morgan fingerprint density at radius 2 is 1.74 bits per heavy atom. The number of halogens is 1. The monoisotopic (exact) mass is 465 g/mol. The highest BCUT2D eigenvalue weighted by Gasteiger charge is 2.32. The van der Waals surface area contributed by atoms with Crippen molar-refractivity contribution in [3.63, 3.8) is 0 Å². The van der Waals surface area contributed by atoms with Crippen molar-refractivity contribution in [2.75, 3.05) is 39.8 Å². The highest BCUT2D eigenvalue weighted by Crippen LogP contribution is 2.25. The number of amides is 1. The Bertz CT molecular complexity index is 990. The molecule has 9 heteroatoms. The second kappa shape index (κ2) is 10.5. The van der Waals surface area contributed by atoms with Gasteiger partial charge in [-0.3, -0.25) is 9.69 Å². The number of carbonyl (C=O) groups is 1. The van der Waals surface area contributed by atoms with Gasteiger partial charge in [-0.1, -0.05) is 35.9 Å². The third kappa shape index (κ3) is 5.77. The van der Waals surface area contributed by atoms with E-state index in [0.29, 0.717) is 32.7 Å². The summed E-state index contributed by atoms with van der Waals surface area (Å²) in [6.07, 6.45) is 0.728. The first kappa shape index (κ1) is 23.5. The number of benzene rings is 2. The maximum absolute atomic E-state index is 12.9. The van der Waals surface area contributed by atoms with Gasteiger partial charge in [-0.2, -0.15) is 4.31 Å². The number of carbonyl (C=O) groups excluding carboxylic acids is 1. The molecule has 1 N–H and O–H groups in total. The Morgan fingerprint density at radius 3 is 2.35 bits per heavy atom. The summed E-state index contributed by atoms with van der Waals surface area (Å²) in [4.78, 5) is 14.7. The summed E-state index contributed by atoms with van der Waals surface area (Å²) in [5, 5.41) is 3.19. The molecule has 1 aliphatic rings. The Morgan fingerprint density at radius 1 is 1.10 bits per heavy atom. The molecule has 1 atom stereocenters. The molecule has 2 aromatic carbocycles. The summed E-state index contributed by atoms with van der Waals surface area (Å²) >= 11 is 6.08. The van der Waals surface area contributed by atoms with Crippen LogP contribution >= 0.6 is 11.6 Å². The number of ether oxygens (including phenoxy) is 1.